The van der Waals surface area contributed by atoms with E-state index in [-0.39, 0.29) is 32.7 Å². The summed E-state index contributed by atoms with van der Waals surface area (Å²) in [5.74, 6) is -3.95. The molecule has 0 saturated heterocycles. The van der Waals surface area contributed by atoms with Crippen LogP contribution in [0, 0.1) is 10.1 Å². The van der Waals surface area contributed by atoms with E-state index in [0.29, 0.717) is 0 Å². The van der Waals surface area contributed by atoms with E-state index in [1.54, 1.807) is 0 Å². The van der Waals surface area contributed by atoms with Crippen LogP contribution in [-0.4, -0.2) is 48.4 Å². The predicted octanol–water partition coefficient (Wildman–Crippen LogP) is 2.37. The molecule has 1 heterocycles. The number of nitrogens with zero attached hydrogens (tertiary/aromatic N) is 2. The summed E-state index contributed by atoms with van der Waals surface area (Å²) in [7, 11) is -3.68. The van der Waals surface area contributed by atoms with Crippen LogP contribution in [-0.2, 0) is 14.4 Å². The maximum Gasteiger partial charge on any atom is 0.339 e. The van der Waals surface area contributed by atoms with E-state index in [1.807, 2.05) is 0 Å². The summed E-state index contributed by atoms with van der Waals surface area (Å²) >= 11 is 0. The minimum atomic E-state index is -4.87. The first-order chi connectivity index (χ1) is 15.5. The number of methoxy groups -OCH3 is 1. The standard InChI is InChI=1S/C20H12N2O10S/c1-31-16-6-5-12(9-14(16)20(25)26)33(29,30)32-21-18(23)13-4-2-3-10-7-11(22(27)28)8-15(17(10)13)19(21)24/h2-9H,1H3,(H,25,26). The molecule has 3 aromatic rings. The Bertz CT molecular complexity index is 1500. The van der Waals surface area contributed by atoms with Crippen molar-refractivity contribution in [3.63, 3.8) is 0 Å². The lowest BCUT2D eigenvalue weighted by atomic mass is 9.94. The fourth-order valence-corrected chi connectivity index (χ4v) is 4.31. The number of carboxylic acids is 1. The molecular formula is C20H12N2O10S. The second-order valence-electron chi connectivity index (χ2n) is 6.75. The molecule has 0 spiro atoms. The van der Waals surface area contributed by atoms with Crippen molar-refractivity contribution < 1.29 is 41.9 Å². The minimum absolute atomic E-state index is 0.0269. The van der Waals surface area contributed by atoms with Crippen LogP contribution in [0.5, 0.6) is 5.75 Å². The molecule has 0 unspecified atom stereocenters. The van der Waals surface area contributed by atoms with Crippen molar-refractivity contribution >= 4 is 44.4 Å². The number of amides is 2. The van der Waals surface area contributed by atoms with Crippen LogP contribution in [0.4, 0.5) is 5.69 Å². The highest BCUT2D eigenvalue weighted by Crippen LogP contribution is 2.34. The van der Waals surface area contributed by atoms with Crippen LogP contribution in [0.1, 0.15) is 31.1 Å². The van der Waals surface area contributed by atoms with Crippen molar-refractivity contribution in [1.29, 1.82) is 0 Å². The van der Waals surface area contributed by atoms with Gasteiger partial charge in [0.1, 0.15) is 11.3 Å². The van der Waals surface area contributed by atoms with Gasteiger partial charge in [0, 0.05) is 17.5 Å². The van der Waals surface area contributed by atoms with Crippen LogP contribution < -0.4 is 4.74 Å². The molecule has 0 fully saturated rings. The number of hydroxylamine groups is 2. The summed E-state index contributed by atoms with van der Waals surface area (Å²) in [5, 5.41) is 20.8. The molecule has 33 heavy (non-hydrogen) atoms. The van der Waals surface area contributed by atoms with Crippen LogP contribution in [0.25, 0.3) is 10.8 Å². The SMILES string of the molecule is COc1ccc(S(=O)(=O)ON2C(=O)c3cccc4cc([N+](=O)[O-])cc(c34)C2=O)cc1C(=O)O. The van der Waals surface area contributed by atoms with Gasteiger partial charge in [-0.3, -0.25) is 19.7 Å². The minimum Gasteiger partial charge on any atom is -0.496 e. The first-order valence-corrected chi connectivity index (χ1v) is 10.4. The van der Waals surface area contributed by atoms with Crippen molar-refractivity contribution in [2.75, 3.05) is 7.11 Å². The van der Waals surface area contributed by atoms with Crippen molar-refractivity contribution in [2.24, 2.45) is 0 Å². The first-order valence-electron chi connectivity index (χ1n) is 9.01. The molecule has 4 rings (SSSR count). The Kier molecular flexibility index (Phi) is 5.07. The summed E-state index contributed by atoms with van der Waals surface area (Å²) < 4.78 is 35.2. The fraction of sp³-hybridized carbons (Fsp3) is 0.0500. The second-order valence-corrected chi connectivity index (χ2v) is 8.28. The molecule has 12 nitrogen and oxygen atoms in total. The number of nitro benzene ring substituents is 1. The van der Waals surface area contributed by atoms with E-state index >= 15 is 0 Å². The molecule has 1 aliphatic rings. The number of carbonyl (C=O) groups excluding carboxylic acids is 2. The number of hydrogen-bond donors (Lipinski definition) is 1. The third kappa shape index (κ3) is 3.54. The normalized spacial score (nSPS) is 13.3. The zero-order chi connectivity index (χ0) is 24.1. The lowest BCUT2D eigenvalue weighted by Crippen LogP contribution is -2.41. The van der Waals surface area contributed by atoms with Gasteiger partial charge in [0.15, 0.2) is 0 Å². The number of non-ortho nitro benzene ring substituents is 1. The number of imide groups is 1. The smallest absolute Gasteiger partial charge is 0.339 e. The second kappa shape index (κ2) is 7.65. The van der Waals surface area contributed by atoms with Crippen LogP contribution in [0.3, 0.4) is 0 Å². The molecule has 2 amide bonds. The van der Waals surface area contributed by atoms with Crippen molar-refractivity contribution in [2.45, 2.75) is 4.90 Å². The average molecular weight is 472 g/mol. The molecular weight excluding hydrogens is 460 g/mol. The first kappa shape index (κ1) is 21.9. The maximum absolute atomic E-state index is 13.0. The summed E-state index contributed by atoms with van der Waals surface area (Å²) in [6.07, 6.45) is 0. The Hall–Kier alpha value is -4.36. The van der Waals surface area contributed by atoms with Gasteiger partial charge in [0.05, 0.1) is 28.1 Å². The highest BCUT2D eigenvalue weighted by atomic mass is 32.2. The molecule has 3 aromatic carbocycles. The predicted molar refractivity (Wildman–Crippen MR) is 109 cm³/mol. The molecule has 0 aliphatic carbocycles. The van der Waals surface area contributed by atoms with Crippen molar-refractivity contribution in [1.82, 2.24) is 5.06 Å². The van der Waals surface area contributed by atoms with E-state index in [1.165, 1.54) is 31.4 Å². The Labute approximate surface area is 184 Å². The molecule has 168 valence electrons. The summed E-state index contributed by atoms with van der Waals surface area (Å²) in [6, 6.07) is 9.07. The highest BCUT2D eigenvalue weighted by Gasteiger charge is 2.39. The van der Waals surface area contributed by atoms with Crippen LogP contribution in [0.15, 0.2) is 53.4 Å². The number of carboxylic acid groups (broad SMARTS) is 1. The zero-order valence-corrected chi connectivity index (χ0v) is 17.4. The zero-order valence-electron chi connectivity index (χ0n) is 16.5. The maximum atomic E-state index is 13.0. The van der Waals surface area contributed by atoms with E-state index < -0.39 is 49.0 Å². The Morgan fingerprint density at radius 1 is 1.06 bits per heavy atom. The third-order valence-electron chi connectivity index (χ3n) is 4.86. The van der Waals surface area contributed by atoms with Crippen LogP contribution >= 0.6 is 0 Å². The van der Waals surface area contributed by atoms with Gasteiger partial charge in [-0.2, -0.15) is 8.42 Å². The van der Waals surface area contributed by atoms with E-state index in [2.05, 4.69) is 0 Å². The molecule has 0 radical (unpaired) electrons. The molecule has 0 saturated carbocycles. The average Bonchev–Trinajstić information content (AvgIpc) is 2.79. The molecule has 13 heteroatoms. The Morgan fingerprint density at radius 2 is 1.76 bits per heavy atom. The largest absolute Gasteiger partial charge is 0.496 e. The summed E-state index contributed by atoms with van der Waals surface area (Å²) in [6.45, 7) is 0. The number of benzene rings is 3. The van der Waals surface area contributed by atoms with E-state index in [0.717, 1.165) is 24.3 Å². The van der Waals surface area contributed by atoms with Gasteiger partial charge in [0.25, 0.3) is 17.5 Å². The van der Waals surface area contributed by atoms with E-state index in [4.69, 9.17) is 9.02 Å². The van der Waals surface area contributed by atoms with Crippen molar-refractivity contribution in [3.8, 4) is 5.75 Å². The summed E-state index contributed by atoms with van der Waals surface area (Å²) in [4.78, 5) is 47.1. The Balaban J connectivity index is 1.80. The number of carbonyl (C=O) groups is 3. The third-order valence-corrected chi connectivity index (χ3v) is 6.04. The molecule has 0 bridgehead atoms. The fourth-order valence-electron chi connectivity index (χ4n) is 3.39. The highest BCUT2D eigenvalue weighted by molar-refractivity contribution is 7.86. The number of hydrogen-bond acceptors (Lipinski definition) is 9. The van der Waals surface area contributed by atoms with Gasteiger partial charge < -0.3 is 9.84 Å². The summed E-state index contributed by atoms with van der Waals surface area (Å²) in [5.41, 5.74) is -1.34. The lowest BCUT2D eigenvalue weighted by Gasteiger charge is -2.25. The number of nitro groups is 1. The van der Waals surface area contributed by atoms with Gasteiger partial charge in [-0.15, -0.1) is 9.35 Å². The van der Waals surface area contributed by atoms with Gasteiger partial charge in [-0.25, -0.2) is 4.79 Å². The van der Waals surface area contributed by atoms with Crippen LogP contribution in [0.2, 0.25) is 0 Å². The van der Waals surface area contributed by atoms with Gasteiger partial charge in [-0.1, -0.05) is 12.1 Å². The van der Waals surface area contributed by atoms with Gasteiger partial charge in [-0.05, 0) is 29.7 Å². The molecule has 1 aliphatic heterocycles. The molecule has 1 N–H and O–H groups in total. The Morgan fingerprint density at radius 3 is 2.39 bits per heavy atom. The number of rotatable bonds is 6. The number of ether oxygens (including phenoxy) is 1. The number of aromatic carboxylic acids is 1. The van der Waals surface area contributed by atoms with Crippen molar-refractivity contribution in [3.05, 3.63) is 75.3 Å². The monoisotopic (exact) mass is 472 g/mol. The van der Waals surface area contributed by atoms with Gasteiger partial charge >= 0.3 is 16.1 Å². The topological polar surface area (TPSA) is 170 Å². The quantitative estimate of drug-likeness (QED) is 0.319. The molecule has 0 atom stereocenters. The van der Waals surface area contributed by atoms with Gasteiger partial charge in [0.2, 0.25) is 0 Å². The molecule has 0 aromatic heterocycles. The lowest BCUT2D eigenvalue weighted by molar-refractivity contribution is -0.384. The van der Waals surface area contributed by atoms with E-state index in [9.17, 15) is 38.0 Å².